The highest BCUT2D eigenvalue weighted by Gasteiger charge is 2.19. The van der Waals surface area contributed by atoms with E-state index in [1.54, 1.807) is 0 Å². The van der Waals surface area contributed by atoms with Crippen molar-refractivity contribution in [3.05, 3.63) is 24.3 Å². The van der Waals surface area contributed by atoms with Crippen LogP contribution in [-0.4, -0.2) is 45.9 Å². The molecule has 1 fully saturated rings. The zero-order valence-electron chi connectivity index (χ0n) is 12.3. The molecule has 1 aromatic carbocycles. The maximum absolute atomic E-state index is 11.5. The van der Waals surface area contributed by atoms with Gasteiger partial charge in [-0.1, -0.05) is 12.1 Å². The summed E-state index contributed by atoms with van der Waals surface area (Å²) in [4.78, 5) is 13.4. The Morgan fingerprint density at radius 3 is 3.00 bits per heavy atom. The molecule has 3 N–H and O–H groups in total. The molecule has 1 saturated heterocycles. The van der Waals surface area contributed by atoms with Crippen LogP contribution in [0.3, 0.4) is 0 Å². The maximum Gasteiger partial charge on any atom is 0.222 e. The average Bonchev–Trinajstić information content (AvgIpc) is 3.13. The van der Waals surface area contributed by atoms with Gasteiger partial charge in [-0.2, -0.15) is 10.3 Å². The Morgan fingerprint density at radius 2 is 2.27 bits per heavy atom. The topological polar surface area (TPSA) is 97.1 Å². The van der Waals surface area contributed by atoms with Crippen LogP contribution in [0, 0.1) is 0 Å². The van der Waals surface area contributed by atoms with Crippen molar-refractivity contribution in [3.63, 3.8) is 0 Å². The first-order chi connectivity index (χ1) is 10.7. The number of nitrogens with one attached hydrogen (secondary N) is 1. The molecule has 0 bridgehead atoms. The fourth-order valence-electron chi connectivity index (χ4n) is 2.57. The van der Waals surface area contributed by atoms with Crippen LogP contribution in [0.2, 0.25) is 0 Å². The fraction of sp³-hybridized carbons (Fsp3) is 0.400. The summed E-state index contributed by atoms with van der Waals surface area (Å²) in [6.45, 7) is 2.20. The minimum atomic E-state index is 0.253. The van der Waals surface area contributed by atoms with Crippen LogP contribution in [-0.2, 0) is 4.79 Å². The molecule has 22 heavy (non-hydrogen) atoms. The molecule has 0 spiro atoms. The third-order valence-corrected chi connectivity index (χ3v) is 3.69. The van der Waals surface area contributed by atoms with Crippen molar-refractivity contribution in [2.75, 3.05) is 25.4 Å². The second kappa shape index (κ2) is 6.46. The fourth-order valence-corrected chi connectivity index (χ4v) is 2.57. The molecule has 0 atom stereocenters. The van der Waals surface area contributed by atoms with E-state index in [1.807, 2.05) is 29.2 Å². The number of carbonyl (C=O) groups is 1. The van der Waals surface area contributed by atoms with Crippen LogP contribution < -0.4 is 10.5 Å². The van der Waals surface area contributed by atoms with E-state index in [0.717, 1.165) is 37.2 Å². The first-order valence-corrected chi connectivity index (χ1v) is 7.41. The second-order valence-electron chi connectivity index (χ2n) is 5.27. The number of nitrogen functional groups attached to an aromatic ring is 1. The van der Waals surface area contributed by atoms with E-state index < -0.39 is 0 Å². The quantitative estimate of drug-likeness (QED) is 0.787. The number of hydrogen-bond acceptors (Lipinski definition) is 5. The third-order valence-electron chi connectivity index (χ3n) is 3.69. The number of amides is 1. The number of aromatic nitrogens is 3. The number of H-pyrrole nitrogens is 1. The number of rotatable bonds is 6. The minimum Gasteiger partial charge on any atom is -0.494 e. The Labute approximate surface area is 128 Å². The molecular weight excluding hydrogens is 282 g/mol. The summed E-state index contributed by atoms with van der Waals surface area (Å²) in [5.74, 6) is 1.38. The molecule has 2 heterocycles. The molecular formula is C15H19N5O2. The smallest absolute Gasteiger partial charge is 0.222 e. The van der Waals surface area contributed by atoms with E-state index in [1.165, 1.54) is 0 Å². The van der Waals surface area contributed by atoms with E-state index >= 15 is 0 Å². The molecule has 116 valence electrons. The van der Waals surface area contributed by atoms with E-state index in [0.29, 0.717) is 24.5 Å². The maximum atomic E-state index is 11.5. The highest BCUT2D eigenvalue weighted by molar-refractivity contribution is 5.78. The summed E-state index contributed by atoms with van der Waals surface area (Å²) >= 11 is 0. The molecule has 1 aliphatic rings. The van der Waals surface area contributed by atoms with Crippen molar-refractivity contribution in [2.24, 2.45) is 0 Å². The Bertz CT molecular complexity index is 655. The minimum absolute atomic E-state index is 0.253. The van der Waals surface area contributed by atoms with Gasteiger partial charge < -0.3 is 15.4 Å². The van der Waals surface area contributed by atoms with Crippen LogP contribution in [0.4, 0.5) is 5.82 Å². The molecule has 1 aromatic heterocycles. The number of nitrogens with zero attached hydrogens (tertiary/aromatic N) is 3. The van der Waals surface area contributed by atoms with Crippen molar-refractivity contribution in [1.29, 1.82) is 0 Å². The lowest BCUT2D eigenvalue weighted by Crippen LogP contribution is -2.26. The van der Waals surface area contributed by atoms with Crippen molar-refractivity contribution in [2.45, 2.75) is 19.3 Å². The Balaban J connectivity index is 1.53. The van der Waals surface area contributed by atoms with Crippen LogP contribution in [0.15, 0.2) is 24.3 Å². The summed E-state index contributed by atoms with van der Waals surface area (Å²) in [6.07, 6.45) is 2.48. The normalized spacial score (nSPS) is 14.5. The zero-order chi connectivity index (χ0) is 15.4. The number of benzene rings is 1. The molecule has 3 rings (SSSR count). The predicted octanol–water partition coefficient (Wildman–Crippen LogP) is 1.45. The summed E-state index contributed by atoms with van der Waals surface area (Å²) in [6, 6.07) is 7.57. The predicted molar refractivity (Wildman–Crippen MR) is 82.2 cm³/mol. The highest BCUT2D eigenvalue weighted by Crippen LogP contribution is 2.25. The van der Waals surface area contributed by atoms with Gasteiger partial charge in [-0.05, 0) is 25.0 Å². The molecule has 0 unspecified atom stereocenters. The molecule has 0 aliphatic carbocycles. The SMILES string of the molecule is Nc1n[nH]nc1-c1cccc(OCCCN2CCCC2=O)c1. The van der Waals surface area contributed by atoms with Gasteiger partial charge >= 0.3 is 0 Å². The van der Waals surface area contributed by atoms with Gasteiger partial charge in [-0.15, -0.1) is 5.10 Å². The van der Waals surface area contributed by atoms with Crippen molar-refractivity contribution in [1.82, 2.24) is 20.3 Å². The molecule has 7 heteroatoms. The third kappa shape index (κ3) is 3.19. The largest absolute Gasteiger partial charge is 0.494 e. The van der Waals surface area contributed by atoms with Crippen LogP contribution in [0.25, 0.3) is 11.3 Å². The van der Waals surface area contributed by atoms with Crippen molar-refractivity contribution < 1.29 is 9.53 Å². The van der Waals surface area contributed by atoms with Crippen LogP contribution in [0.5, 0.6) is 5.75 Å². The van der Waals surface area contributed by atoms with E-state index in [2.05, 4.69) is 15.4 Å². The summed E-state index contributed by atoms with van der Waals surface area (Å²) in [5, 5.41) is 10.3. The van der Waals surface area contributed by atoms with E-state index in [4.69, 9.17) is 10.5 Å². The number of aromatic amines is 1. The Kier molecular flexibility index (Phi) is 4.22. The summed E-state index contributed by atoms with van der Waals surface area (Å²) in [7, 11) is 0. The number of anilines is 1. The number of nitrogens with two attached hydrogens (primary N) is 1. The van der Waals surface area contributed by atoms with Gasteiger partial charge in [0.25, 0.3) is 0 Å². The van der Waals surface area contributed by atoms with E-state index in [-0.39, 0.29) is 5.91 Å². The molecule has 7 nitrogen and oxygen atoms in total. The van der Waals surface area contributed by atoms with Gasteiger partial charge in [-0.3, -0.25) is 4.79 Å². The number of likely N-dealkylation sites (tertiary alicyclic amines) is 1. The average molecular weight is 301 g/mol. The Hall–Kier alpha value is -2.57. The van der Waals surface area contributed by atoms with Gasteiger partial charge in [0.05, 0.1) is 6.61 Å². The first kappa shape index (κ1) is 14.4. The zero-order valence-corrected chi connectivity index (χ0v) is 12.3. The van der Waals surface area contributed by atoms with Crippen LogP contribution in [0.1, 0.15) is 19.3 Å². The lowest BCUT2D eigenvalue weighted by atomic mass is 10.1. The highest BCUT2D eigenvalue weighted by atomic mass is 16.5. The van der Waals surface area contributed by atoms with Gasteiger partial charge in [0.15, 0.2) is 5.82 Å². The van der Waals surface area contributed by atoms with Gasteiger partial charge in [0.2, 0.25) is 5.91 Å². The van der Waals surface area contributed by atoms with Crippen molar-refractivity contribution in [3.8, 4) is 17.0 Å². The number of hydrogen-bond donors (Lipinski definition) is 2. The van der Waals surface area contributed by atoms with Crippen molar-refractivity contribution >= 4 is 11.7 Å². The molecule has 1 amide bonds. The lowest BCUT2D eigenvalue weighted by Gasteiger charge is -2.15. The monoisotopic (exact) mass is 301 g/mol. The number of carbonyl (C=O) groups excluding carboxylic acids is 1. The molecule has 2 aromatic rings. The lowest BCUT2D eigenvalue weighted by molar-refractivity contribution is -0.127. The standard InChI is InChI=1S/C15H19N5O2/c16-15-14(17-19-18-15)11-4-1-5-12(10-11)22-9-3-8-20-7-2-6-13(20)21/h1,4-5,10H,2-3,6-9H2,(H3,16,17,18,19). The van der Waals surface area contributed by atoms with Crippen LogP contribution >= 0.6 is 0 Å². The molecule has 1 aliphatic heterocycles. The molecule has 0 radical (unpaired) electrons. The van der Waals surface area contributed by atoms with E-state index in [9.17, 15) is 4.79 Å². The van der Waals surface area contributed by atoms with Gasteiger partial charge in [0.1, 0.15) is 11.4 Å². The summed E-state index contributed by atoms with van der Waals surface area (Å²) < 4.78 is 5.74. The van der Waals surface area contributed by atoms with Gasteiger partial charge in [0, 0.05) is 25.1 Å². The first-order valence-electron chi connectivity index (χ1n) is 7.41. The number of ether oxygens (including phenoxy) is 1. The van der Waals surface area contributed by atoms with Gasteiger partial charge in [-0.25, -0.2) is 0 Å². The molecule has 0 saturated carbocycles. The Morgan fingerprint density at radius 1 is 1.36 bits per heavy atom. The second-order valence-corrected chi connectivity index (χ2v) is 5.27. The summed E-state index contributed by atoms with van der Waals surface area (Å²) in [5.41, 5.74) is 7.22.